The molecule has 4 heteroatoms. The van der Waals surface area contributed by atoms with E-state index in [0.717, 1.165) is 5.56 Å². The van der Waals surface area contributed by atoms with Gasteiger partial charge in [-0.1, -0.05) is 28.1 Å². The maximum Gasteiger partial charge on any atom is 0.313 e. The summed E-state index contributed by atoms with van der Waals surface area (Å²) in [7, 11) is 0. The van der Waals surface area contributed by atoms with Gasteiger partial charge in [0.05, 0.1) is 5.41 Å². The van der Waals surface area contributed by atoms with Crippen LogP contribution in [0.25, 0.3) is 0 Å². The fourth-order valence-corrected chi connectivity index (χ4v) is 1.79. The minimum Gasteiger partial charge on any atom is -0.481 e. The van der Waals surface area contributed by atoms with Gasteiger partial charge in [0, 0.05) is 4.47 Å². The number of benzene rings is 1. The van der Waals surface area contributed by atoms with E-state index in [1.807, 2.05) is 0 Å². The minimum absolute atomic E-state index is 0.271. The van der Waals surface area contributed by atoms with Crippen LogP contribution in [0.2, 0.25) is 0 Å². The van der Waals surface area contributed by atoms with E-state index in [9.17, 15) is 9.18 Å². The molecule has 0 aliphatic heterocycles. The number of carboxylic acids is 1. The molecule has 1 aromatic carbocycles. The van der Waals surface area contributed by atoms with Crippen molar-refractivity contribution in [2.45, 2.75) is 13.3 Å². The molecule has 1 aromatic rings. The molecular weight excluding hydrogens is 275 g/mol. The second kappa shape index (κ2) is 4.78. The van der Waals surface area contributed by atoms with E-state index >= 15 is 0 Å². The fraction of sp³-hybridized carbons (Fsp3) is 0.250. The van der Waals surface area contributed by atoms with Crippen molar-refractivity contribution in [1.82, 2.24) is 0 Å². The minimum atomic E-state index is -1.04. The van der Waals surface area contributed by atoms with Gasteiger partial charge in [0.15, 0.2) is 0 Å². The average Bonchev–Trinajstić information content (AvgIpc) is 2.22. The van der Waals surface area contributed by atoms with Crippen LogP contribution in [0.1, 0.15) is 12.5 Å². The van der Waals surface area contributed by atoms with Crippen molar-refractivity contribution in [3.63, 3.8) is 0 Å². The summed E-state index contributed by atoms with van der Waals surface area (Å²) in [5.41, 5.74) is -0.299. The molecule has 0 aliphatic carbocycles. The molecule has 1 N–H and O–H groups in total. The largest absolute Gasteiger partial charge is 0.481 e. The summed E-state index contributed by atoms with van der Waals surface area (Å²) in [6.07, 6.45) is 1.66. The van der Waals surface area contributed by atoms with Crippen molar-refractivity contribution in [1.29, 1.82) is 0 Å². The number of hydrogen-bond acceptors (Lipinski definition) is 1. The smallest absolute Gasteiger partial charge is 0.313 e. The van der Waals surface area contributed by atoms with Crippen molar-refractivity contribution >= 4 is 21.9 Å². The number of halogens is 2. The molecule has 0 aromatic heterocycles. The van der Waals surface area contributed by atoms with Crippen molar-refractivity contribution in [2.24, 2.45) is 5.41 Å². The van der Waals surface area contributed by atoms with Crippen molar-refractivity contribution in [2.75, 3.05) is 0 Å². The topological polar surface area (TPSA) is 37.3 Å². The Hall–Kier alpha value is -1.16. The molecule has 1 unspecified atom stereocenters. The lowest BCUT2D eigenvalue weighted by atomic mass is 9.84. The highest BCUT2D eigenvalue weighted by Crippen LogP contribution is 2.28. The van der Waals surface area contributed by atoms with Gasteiger partial charge < -0.3 is 5.11 Å². The normalized spacial score (nSPS) is 14.2. The molecule has 0 spiro atoms. The summed E-state index contributed by atoms with van der Waals surface area (Å²) in [5, 5.41) is 9.08. The zero-order valence-electron chi connectivity index (χ0n) is 8.84. The van der Waals surface area contributed by atoms with Gasteiger partial charge in [-0.3, -0.25) is 4.79 Å². The summed E-state index contributed by atoms with van der Waals surface area (Å²) in [6, 6.07) is 4.20. The van der Waals surface area contributed by atoms with Crippen molar-refractivity contribution < 1.29 is 14.3 Å². The third-order valence-electron chi connectivity index (χ3n) is 2.51. The highest BCUT2D eigenvalue weighted by molar-refractivity contribution is 9.10. The van der Waals surface area contributed by atoms with E-state index in [1.54, 1.807) is 13.0 Å². The van der Waals surface area contributed by atoms with Gasteiger partial charge in [0.2, 0.25) is 0 Å². The Morgan fingerprint density at radius 3 is 2.75 bits per heavy atom. The van der Waals surface area contributed by atoms with Crippen LogP contribution in [0.5, 0.6) is 0 Å². The molecule has 0 aliphatic rings. The quantitative estimate of drug-likeness (QED) is 0.862. The first kappa shape index (κ1) is 12.9. The van der Waals surface area contributed by atoms with Crippen LogP contribution in [0, 0.1) is 11.2 Å². The average molecular weight is 287 g/mol. The molecule has 86 valence electrons. The zero-order chi connectivity index (χ0) is 12.3. The lowest BCUT2D eigenvalue weighted by Gasteiger charge is -2.20. The predicted octanol–water partition coefficient (Wildman–Crippen LogP) is 3.41. The van der Waals surface area contributed by atoms with Gasteiger partial charge in [0.1, 0.15) is 5.82 Å². The van der Waals surface area contributed by atoms with Crippen molar-refractivity contribution in [3.05, 3.63) is 46.7 Å². The number of rotatable bonds is 4. The van der Waals surface area contributed by atoms with Gasteiger partial charge in [-0.25, -0.2) is 4.39 Å². The van der Waals surface area contributed by atoms with Crippen LogP contribution in [0.4, 0.5) is 4.39 Å². The van der Waals surface area contributed by atoms with Crippen LogP contribution < -0.4 is 0 Å². The van der Waals surface area contributed by atoms with Crippen molar-refractivity contribution in [3.8, 4) is 0 Å². The first-order valence-corrected chi connectivity index (χ1v) is 5.49. The maximum absolute atomic E-state index is 12.9. The molecule has 16 heavy (non-hydrogen) atoms. The SMILES string of the molecule is C=CC(C)(Cc1ccc(F)cc1Br)C(=O)O. The second-order valence-electron chi connectivity index (χ2n) is 3.84. The number of carboxylic acid groups (broad SMARTS) is 1. The molecular formula is C12H12BrFO2. The number of carbonyl (C=O) groups is 1. The number of aliphatic carboxylic acids is 1. The van der Waals surface area contributed by atoms with E-state index in [0.29, 0.717) is 4.47 Å². The highest BCUT2D eigenvalue weighted by atomic mass is 79.9. The molecule has 0 radical (unpaired) electrons. The summed E-state index contributed by atoms with van der Waals surface area (Å²) in [5.74, 6) is -1.30. The van der Waals surface area contributed by atoms with Gasteiger partial charge >= 0.3 is 5.97 Å². The van der Waals surface area contributed by atoms with Gasteiger partial charge in [-0.15, -0.1) is 6.58 Å². The van der Waals surface area contributed by atoms with E-state index < -0.39 is 11.4 Å². The summed E-state index contributed by atoms with van der Waals surface area (Å²) in [4.78, 5) is 11.1. The Morgan fingerprint density at radius 1 is 1.69 bits per heavy atom. The molecule has 2 nitrogen and oxygen atoms in total. The third kappa shape index (κ3) is 2.70. The van der Waals surface area contributed by atoms with Gasteiger partial charge in [-0.05, 0) is 31.0 Å². The molecule has 0 saturated heterocycles. The predicted molar refractivity (Wildman–Crippen MR) is 63.7 cm³/mol. The van der Waals surface area contributed by atoms with Crippen LogP contribution >= 0.6 is 15.9 Å². The first-order chi connectivity index (χ1) is 7.39. The summed E-state index contributed by atoms with van der Waals surface area (Å²) in [6.45, 7) is 5.11. The molecule has 0 saturated carbocycles. The molecule has 0 amide bonds. The van der Waals surface area contributed by atoms with Crippen LogP contribution in [0.3, 0.4) is 0 Å². The number of hydrogen-bond donors (Lipinski definition) is 1. The summed E-state index contributed by atoms with van der Waals surface area (Å²) < 4.78 is 13.4. The first-order valence-electron chi connectivity index (χ1n) is 4.70. The molecule has 0 fully saturated rings. The molecule has 0 bridgehead atoms. The Labute approximate surface area is 102 Å². The van der Waals surface area contributed by atoms with Crippen LogP contribution in [-0.2, 0) is 11.2 Å². The van der Waals surface area contributed by atoms with Crippen LogP contribution in [-0.4, -0.2) is 11.1 Å². The second-order valence-corrected chi connectivity index (χ2v) is 4.69. The van der Waals surface area contributed by atoms with Gasteiger partial charge in [0.25, 0.3) is 0 Å². The highest BCUT2D eigenvalue weighted by Gasteiger charge is 2.30. The Kier molecular flexibility index (Phi) is 3.86. The van der Waals surface area contributed by atoms with Crippen LogP contribution in [0.15, 0.2) is 35.3 Å². The maximum atomic E-state index is 12.9. The lowest BCUT2D eigenvalue weighted by molar-refractivity contribution is -0.145. The molecule has 1 atom stereocenters. The molecule has 0 heterocycles. The lowest BCUT2D eigenvalue weighted by Crippen LogP contribution is -2.27. The van der Waals surface area contributed by atoms with Gasteiger partial charge in [-0.2, -0.15) is 0 Å². The summed E-state index contributed by atoms with van der Waals surface area (Å²) >= 11 is 3.21. The monoisotopic (exact) mass is 286 g/mol. The Morgan fingerprint density at radius 2 is 2.31 bits per heavy atom. The van der Waals surface area contributed by atoms with E-state index in [4.69, 9.17) is 5.11 Å². The molecule has 1 rings (SSSR count). The fourth-order valence-electron chi connectivity index (χ4n) is 1.30. The Bertz CT molecular complexity index is 431. The third-order valence-corrected chi connectivity index (χ3v) is 3.25. The Balaban J connectivity index is 3.04. The van der Waals surface area contributed by atoms with E-state index in [1.165, 1.54) is 18.2 Å². The zero-order valence-corrected chi connectivity index (χ0v) is 10.4. The standard InChI is InChI=1S/C12H12BrFO2/c1-3-12(2,11(15)16)7-8-4-5-9(14)6-10(8)13/h3-6H,1,7H2,2H3,(H,15,16). The van der Waals surface area contributed by atoms with E-state index in [2.05, 4.69) is 22.5 Å². The van der Waals surface area contributed by atoms with E-state index in [-0.39, 0.29) is 12.2 Å².